The average Bonchev–Trinajstić information content (AvgIpc) is 2.70. The van der Waals surface area contributed by atoms with E-state index in [1.54, 1.807) is 0 Å². The van der Waals surface area contributed by atoms with Gasteiger partial charge in [-0.3, -0.25) is 14.6 Å². The number of carbonyl (C=O) groups is 1. The van der Waals surface area contributed by atoms with Crippen LogP contribution in [-0.2, 0) is 14.9 Å². The van der Waals surface area contributed by atoms with Crippen LogP contribution < -0.4 is 5.32 Å². The van der Waals surface area contributed by atoms with E-state index in [1.165, 1.54) is 5.56 Å². The number of benzene rings is 1. The lowest BCUT2D eigenvalue weighted by atomic mass is 9.74. The monoisotopic (exact) mass is 361 g/mol. The fourth-order valence-electron chi connectivity index (χ4n) is 3.96. The zero-order chi connectivity index (χ0) is 18.2. The molecule has 0 radical (unpaired) electrons. The fourth-order valence-corrected chi connectivity index (χ4v) is 3.96. The smallest absolute Gasteiger partial charge is 0.234 e. The highest BCUT2D eigenvalue weighted by molar-refractivity contribution is 5.78. The molecule has 1 aromatic rings. The summed E-state index contributed by atoms with van der Waals surface area (Å²) in [6.45, 7) is 7.13. The van der Waals surface area contributed by atoms with Crippen LogP contribution in [0.2, 0.25) is 0 Å². The zero-order valence-electron chi connectivity index (χ0n) is 15.5. The maximum absolute atomic E-state index is 12.5. The Morgan fingerprint density at radius 2 is 1.73 bits per heavy atom. The van der Waals surface area contributed by atoms with Crippen molar-refractivity contribution in [3.8, 4) is 0 Å². The Morgan fingerprint density at radius 3 is 2.38 bits per heavy atom. The predicted molar refractivity (Wildman–Crippen MR) is 101 cm³/mol. The van der Waals surface area contributed by atoms with Gasteiger partial charge in [0.2, 0.25) is 5.91 Å². The second-order valence-electron chi connectivity index (χ2n) is 7.38. The minimum Gasteiger partial charge on any atom is -0.395 e. The molecule has 0 unspecified atom stereocenters. The number of piperazine rings is 1. The van der Waals surface area contributed by atoms with Gasteiger partial charge in [0.25, 0.3) is 0 Å². The van der Waals surface area contributed by atoms with Crippen LogP contribution in [0.25, 0.3) is 0 Å². The van der Waals surface area contributed by atoms with Crippen molar-refractivity contribution in [1.82, 2.24) is 15.1 Å². The molecule has 2 aliphatic heterocycles. The second kappa shape index (κ2) is 9.46. The van der Waals surface area contributed by atoms with Crippen molar-refractivity contribution < 1.29 is 14.6 Å². The standard InChI is InChI=1S/C20H31N3O3/c24-13-12-22-8-10-23(11-9-22)16-19(25)21-17-20(6-14-26-15-7-20)18-4-2-1-3-5-18/h1-5,24H,6-17H2,(H,21,25). The molecule has 2 fully saturated rings. The highest BCUT2D eigenvalue weighted by Gasteiger charge is 2.34. The maximum atomic E-state index is 12.5. The number of aliphatic hydroxyl groups excluding tert-OH is 1. The van der Waals surface area contributed by atoms with Gasteiger partial charge >= 0.3 is 0 Å². The molecule has 2 saturated heterocycles. The van der Waals surface area contributed by atoms with E-state index in [9.17, 15) is 4.79 Å². The summed E-state index contributed by atoms with van der Waals surface area (Å²) in [5.74, 6) is 0.0995. The number of nitrogens with one attached hydrogen (secondary N) is 1. The minimum absolute atomic E-state index is 0.0189. The van der Waals surface area contributed by atoms with Crippen LogP contribution in [0, 0.1) is 0 Å². The number of rotatable bonds is 7. The summed E-state index contributed by atoms with van der Waals surface area (Å²) in [5, 5.41) is 12.2. The van der Waals surface area contributed by atoms with Gasteiger partial charge in [-0.25, -0.2) is 0 Å². The van der Waals surface area contributed by atoms with E-state index in [4.69, 9.17) is 9.84 Å². The van der Waals surface area contributed by atoms with Crippen molar-refractivity contribution in [3.05, 3.63) is 35.9 Å². The average molecular weight is 361 g/mol. The summed E-state index contributed by atoms with van der Waals surface area (Å²) >= 11 is 0. The maximum Gasteiger partial charge on any atom is 0.234 e. The molecule has 1 amide bonds. The van der Waals surface area contributed by atoms with Crippen LogP contribution in [0.15, 0.2) is 30.3 Å². The van der Waals surface area contributed by atoms with E-state index in [-0.39, 0.29) is 17.9 Å². The Balaban J connectivity index is 1.51. The predicted octanol–water partition coefficient (Wildman–Crippen LogP) is 0.461. The third-order valence-corrected chi connectivity index (χ3v) is 5.71. The zero-order valence-corrected chi connectivity index (χ0v) is 15.5. The first-order valence-electron chi connectivity index (χ1n) is 9.67. The number of nitrogens with zero attached hydrogens (tertiary/aromatic N) is 2. The molecule has 26 heavy (non-hydrogen) atoms. The molecule has 0 bridgehead atoms. The van der Waals surface area contributed by atoms with Crippen LogP contribution in [-0.4, -0.2) is 86.4 Å². The molecule has 2 N–H and O–H groups in total. The highest BCUT2D eigenvalue weighted by atomic mass is 16.5. The van der Waals surface area contributed by atoms with Gasteiger partial charge in [0.15, 0.2) is 0 Å². The summed E-state index contributed by atoms with van der Waals surface area (Å²) < 4.78 is 5.56. The van der Waals surface area contributed by atoms with Crippen LogP contribution in [0.4, 0.5) is 0 Å². The van der Waals surface area contributed by atoms with Crippen LogP contribution >= 0.6 is 0 Å². The molecule has 0 aliphatic carbocycles. The summed E-state index contributed by atoms with van der Waals surface area (Å²) in [7, 11) is 0. The van der Waals surface area contributed by atoms with Gasteiger partial charge in [0, 0.05) is 57.9 Å². The first-order valence-corrected chi connectivity index (χ1v) is 9.67. The largest absolute Gasteiger partial charge is 0.395 e. The molecule has 6 heteroatoms. The van der Waals surface area contributed by atoms with Gasteiger partial charge in [0.05, 0.1) is 13.2 Å². The molecule has 1 aromatic carbocycles. The lowest BCUT2D eigenvalue weighted by molar-refractivity contribution is -0.123. The first kappa shape index (κ1) is 19.3. The summed E-state index contributed by atoms with van der Waals surface area (Å²) in [6, 6.07) is 10.5. The Hall–Kier alpha value is -1.47. The number of hydrogen-bond donors (Lipinski definition) is 2. The SMILES string of the molecule is O=C(CN1CCN(CCO)CC1)NCC1(c2ccccc2)CCOCC1. The number of ether oxygens (including phenoxy) is 1. The lowest BCUT2D eigenvalue weighted by Gasteiger charge is -2.38. The van der Waals surface area contributed by atoms with Crippen LogP contribution in [0.1, 0.15) is 18.4 Å². The number of aliphatic hydroxyl groups is 1. The summed E-state index contributed by atoms with van der Waals surface area (Å²) in [4.78, 5) is 16.9. The van der Waals surface area contributed by atoms with Crippen molar-refractivity contribution in [1.29, 1.82) is 0 Å². The highest BCUT2D eigenvalue weighted by Crippen LogP contribution is 2.34. The number of hydrogen-bond acceptors (Lipinski definition) is 5. The number of amides is 1. The number of β-amino-alcohol motifs (C(OH)–C–C–N with tert-alkyl or cyclic N) is 1. The molecule has 144 valence electrons. The van der Waals surface area contributed by atoms with Gasteiger partial charge in [0.1, 0.15) is 0 Å². The molecular weight excluding hydrogens is 330 g/mol. The van der Waals surface area contributed by atoms with Gasteiger partial charge < -0.3 is 15.2 Å². The van der Waals surface area contributed by atoms with E-state index in [0.717, 1.165) is 58.8 Å². The van der Waals surface area contributed by atoms with E-state index in [1.807, 2.05) is 6.07 Å². The van der Waals surface area contributed by atoms with E-state index < -0.39 is 0 Å². The molecule has 0 spiro atoms. The fraction of sp³-hybridized carbons (Fsp3) is 0.650. The summed E-state index contributed by atoms with van der Waals surface area (Å²) in [6.07, 6.45) is 1.88. The molecule has 0 saturated carbocycles. The Bertz CT molecular complexity index is 553. The quantitative estimate of drug-likeness (QED) is 0.739. The Kier molecular flexibility index (Phi) is 7.02. The molecule has 6 nitrogen and oxygen atoms in total. The van der Waals surface area contributed by atoms with Crippen LogP contribution in [0.5, 0.6) is 0 Å². The molecule has 0 atom stereocenters. The molecular formula is C20H31N3O3. The van der Waals surface area contributed by atoms with Crippen LogP contribution in [0.3, 0.4) is 0 Å². The lowest BCUT2D eigenvalue weighted by Crippen LogP contribution is -2.51. The normalized spacial score (nSPS) is 21.4. The van der Waals surface area contributed by atoms with Crippen molar-refractivity contribution in [2.24, 2.45) is 0 Å². The topological polar surface area (TPSA) is 65.0 Å². The van der Waals surface area contributed by atoms with Gasteiger partial charge in [-0.1, -0.05) is 30.3 Å². The third kappa shape index (κ3) is 5.04. The van der Waals surface area contributed by atoms with Gasteiger partial charge in [-0.15, -0.1) is 0 Å². The number of carbonyl (C=O) groups excluding carboxylic acids is 1. The molecule has 2 aliphatic rings. The van der Waals surface area contributed by atoms with E-state index >= 15 is 0 Å². The van der Waals surface area contributed by atoms with Crippen molar-refractivity contribution in [3.63, 3.8) is 0 Å². The van der Waals surface area contributed by atoms with Gasteiger partial charge in [-0.2, -0.15) is 0 Å². The Labute approximate surface area is 156 Å². The molecule has 2 heterocycles. The first-order chi connectivity index (χ1) is 12.7. The molecule has 0 aromatic heterocycles. The van der Waals surface area contributed by atoms with Gasteiger partial charge in [-0.05, 0) is 18.4 Å². The van der Waals surface area contributed by atoms with E-state index in [0.29, 0.717) is 13.1 Å². The van der Waals surface area contributed by atoms with Crippen molar-refractivity contribution >= 4 is 5.91 Å². The molecule has 3 rings (SSSR count). The third-order valence-electron chi connectivity index (χ3n) is 5.71. The Morgan fingerprint density at radius 1 is 1.08 bits per heavy atom. The van der Waals surface area contributed by atoms with E-state index in [2.05, 4.69) is 39.4 Å². The second-order valence-corrected chi connectivity index (χ2v) is 7.38. The summed E-state index contributed by atoms with van der Waals surface area (Å²) in [5.41, 5.74) is 1.27. The van der Waals surface area contributed by atoms with Crippen molar-refractivity contribution in [2.45, 2.75) is 18.3 Å². The van der Waals surface area contributed by atoms with Crippen molar-refractivity contribution in [2.75, 3.05) is 65.6 Å². The minimum atomic E-state index is -0.0189.